The van der Waals surface area contributed by atoms with E-state index >= 15 is 0 Å². The number of benzene rings is 2. The first-order valence-electron chi connectivity index (χ1n) is 7.75. The molecule has 0 aliphatic heterocycles. The lowest BCUT2D eigenvalue weighted by Crippen LogP contribution is -2.20. The molecule has 0 radical (unpaired) electrons. The molecule has 1 atom stereocenters. The van der Waals surface area contributed by atoms with Crippen molar-refractivity contribution in [2.75, 3.05) is 0 Å². The molecule has 0 saturated heterocycles. The van der Waals surface area contributed by atoms with E-state index in [1.165, 1.54) is 5.56 Å². The normalized spacial score (nSPS) is 13.6. The van der Waals surface area contributed by atoms with Crippen LogP contribution in [0.1, 0.15) is 24.0 Å². The Hall–Kier alpha value is -1.50. The molecule has 0 saturated carbocycles. The standard InChI is InChI=1S/C17H21O6PS/c1-13-5-9-15(10-6-13)16-11-7-14(8-12-16)3-2-4-17(24(18,19)20)25(21,22)23/h5-12,17H,2-4H2,1H3,(H2,18,19,20)(H,21,22,23). The molecule has 8 heteroatoms. The first-order chi connectivity index (χ1) is 11.6. The maximum Gasteiger partial charge on any atom is 0.346 e. The van der Waals surface area contributed by atoms with Gasteiger partial charge in [-0.1, -0.05) is 54.1 Å². The summed E-state index contributed by atoms with van der Waals surface area (Å²) in [6, 6.07) is 15.8. The fraction of sp³-hybridized carbons (Fsp3) is 0.294. The van der Waals surface area contributed by atoms with Crippen LogP contribution < -0.4 is 0 Å². The Bertz CT molecular complexity index is 853. The van der Waals surface area contributed by atoms with E-state index in [4.69, 9.17) is 14.3 Å². The van der Waals surface area contributed by atoms with Crippen LogP contribution in [0.5, 0.6) is 0 Å². The molecule has 0 bridgehead atoms. The van der Waals surface area contributed by atoms with E-state index in [2.05, 4.69) is 0 Å². The van der Waals surface area contributed by atoms with Crippen LogP contribution in [-0.2, 0) is 21.1 Å². The van der Waals surface area contributed by atoms with Crippen molar-refractivity contribution in [3.63, 3.8) is 0 Å². The van der Waals surface area contributed by atoms with Crippen LogP contribution in [0.4, 0.5) is 0 Å². The number of aryl methyl sites for hydroxylation is 2. The van der Waals surface area contributed by atoms with Gasteiger partial charge in [0.25, 0.3) is 10.1 Å². The average Bonchev–Trinajstić information content (AvgIpc) is 2.50. The average molecular weight is 384 g/mol. The van der Waals surface area contributed by atoms with E-state index in [1.807, 2.05) is 55.5 Å². The van der Waals surface area contributed by atoms with Gasteiger partial charge in [-0.05, 0) is 42.9 Å². The van der Waals surface area contributed by atoms with Crippen molar-refractivity contribution in [1.82, 2.24) is 0 Å². The topological polar surface area (TPSA) is 112 Å². The van der Waals surface area contributed by atoms with Gasteiger partial charge in [0, 0.05) is 0 Å². The lowest BCUT2D eigenvalue weighted by atomic mass is 10.0. The Labute approximate surface area is 147 Å². The fourth-order valence-electron chi connectivity index (χ4n) is 2.58. The highest BCUT2D eigenvalue weighted by Crippen LogP contribution is 2.46. The molecule has 3 N–H and O–H groups in total. The largest absolute Gasteiger partial charge is 0.346 e. The molecule has 0 aromatic heterocycles. The highest BCUT2D eigenvalue weighted by Gasteiger charge is 2.38. The summed E-state index contributed by atoms with van der Waals surface area (Å²) < 4.78 is 42.4. The van der Waals surface area contributed by atoms with Gasteiger partial charge in [0.1, 0.15) is 0 Å². The molecule has 0 aliphatic carbocycles. The molecule has 25 heavy (non-hydrogen) atoms. The van der Waals surface area contributed by atoms with Crippen molar-refractivity contribution in [3.8, 4) is 11.1 Å². The van der Waals surface area contributed by atoms with Crippen molar-refractivity contribution in [2.45, 2.75) is 31.2 Å². The van der Waals surface area contributed by atoms with Crippen LogP contribution in [0.2, 0.25) is 0 Å². The minimum atomic E-state index is -4.91. The maximum atomic E-state index is 11.2. The van der Waals surface area contributed by atoms with Crippen molar-refractivity contribution in [2.24, 2.45) is 0 Å². The van der Waals surface area contributed by atoms with Crippen LogP contribution in [-0.4, -0.2) is 27.7 Å². The van der Waals surface area contributed by atoms with Crippen LogP contribution in [0.15, 0.2) is 48.5 Å². The zero-order valence-electron chi connectivity index (χ0n) is 13.7. The molecule has 0 spiro atoms. The lowest BCUT2D eigenvalue weighted by Gasteiger charge is -2.15. The van der Waals surface area contributed by atoms with Gasteiger partial charge in [-0.25, -0.2) is 0 Å². The Kier molecular flexibility index (Phi) is 6.19. The van der Waals surface area contributed by atoms with Gasteiger partial charge in [0.2, 0.25) is 0 Å². The Balaban J connectivity index is 2.00. The SMILES string of the molecule is Cc1ccc(-c2ccc(CCCC(P(=O)(O)O)S(=O)(=O)O)cc2)cc1. The highest BCUT2D eigenvalue weighted by atomic mass is 32.2. The van der Waals surface area contributed by atoms with E-state index in [-0.39, 0.29) is 12.8 Å². The summed E-state index contributed by atoms with van der Waals surface area (Å²) in [5.41, 5.74) is 4.24. The molecule has 0 fully saturated rings. The van der Waals surface area contributed by atoms with Gasteiger partial charge in [-0.15, -0.1) is 0 Å². The first-order valence-corrected chi connectivity index (χ1v) is 10.9. The monoisotopic (exact) mass is 384 g/mol. The molecule has 136 valence electrons. The Morgan fingerprint density at radius 3 is 1.88 bits per heavy atom. The minimum absolute atomic E-state index is 0.236. The third kappa shape index (κ3) is 5.76. The molecule has 2 aromatic carbocycles. The molecule has 2 rings (SSSR count). The van der Waals surface area contributed by atoms with E-state index in [0.29, 0.717) is 6.42 Å². The van der Waals surface area contributed by atoms with E-state index in [0.717, 1.165) is 16.7 Å². The van der Waals surface area contributed by atoms with Crippen LogP contribution in [0.25, 0.3) is 11.1 Å². The van der Waals surface area contributed by atoms with Crippen molar-refractivity contribution < 1.29 is 27.3 Å². The summed E-state index contributed by atoms with van der Waals surface area (Å²) in [6.45, 7) is 2.02. The van der Waals surface area contributed by atoms with Gasteiger partial charge < -0.3 is 9.79 Å². The molecular weight excluding hydrogens is 363 g/mol. The van der Waals surface area contributed by atoms with Gasteiger partial charge in [-0.2, -0.15) is 8.42 Å². The number of hydrogen-bond donors (Lipinski definition) is 3. The molecule has 0 amide bonds. The maximum absolute atomic E-state index is 11.2. The van der Waals surface area contributed by atoms with E-state index in [1.54, 1.807) is 0 Å². The van der Waals surface area contributed by atoms with Crippen LogP contribution in [0.3, 0.4) is 0 Å². The minimum Gasteiger partial charge on any atom is -0.323 e. The molecule has 0 heterocycles. The molecular formula is C17H21O6PS. The first kappa shape index (κ1) is 19.8. The summed E-state index contributed by atoms with van der Waals surface area (Å²) in [5, 5.41) is 0. The highest BCUT2D eigenvalue weighted by molar-refractivity contribution is 7.93. The summed E-state index contributed by atoms with van der Waals surface area (Å²) in [7, 11) is -9.70. The Morgan fingerprint density at radius 2 is 1.44 bits per heavy atom. The fourth-order valence-corrected chi connectivity index (χ4v) is 4.95. The summed E-state index contributed by atoms with van der Waals surface area (Å²) in [4.78, 5) is 16.1. The van der Waals surface area contributed by atoms with Gasteiger partial charge in [0.05, 0.1) is 0 Å². The van der Waals surface area contributed by atoms with Crippen molar-refractivity contribution >= 4 is 17.7 Å². The molecule has 0 aliphatic rings. The molecule has 6 nitrogen and oxygen atoms in total. The third-order valence-electron chi connectivity index (χ3n) is 3.97. The zero-order chi connectivity index (χ0) is 18.7. The van der Waals surface area contributed by atoms with Crippen molar-refractivity contribution in [3.05, 3.63) is 59.7 Å². The second-order valence-electron chi connectivity index (χ2n) is 6.01. The van der Waals surface area contributed by atoms with Gasteiger partial charge >= 0.3 is 7.60 Å². The van der Waals surface area contributed by atoms with E-state index < -0.39 is 22.7 Å². The second-order valence-corrected chi connectivity index (χ2v) is 9.76. The van der Waals surface area contributed by atoms with Crippen molar-refractivity contribution in [1.29, 1.82) is 0 Å². The number of rotatable bonds is 7. The van der Waals surface area contributed by atoms with Gasteiger partial charge in [0.15, 0.2) is 4.99 Å². The van der Waals surface area contributed by atoms with Gasteiger partial charge in [-0.3, -0.25) is 9.12 Å². The third-order valence-corrected chi connectivity index (χ3v) is 7.53. The van der Waals surface area contributed by atoms with Crippen LogP contribution in [0, 0.1) is 6.92 Å². The summed E-state index contributed by atoms with van der Waals surface area (Å²) >= 11 is 0. The lowest BCUT2D eigenvalue weighted by molar-refractivity contribution is 0.360. The van der Waals surface area contributed by atoms with Crippen LogP contribution >= 0.6 is 7.60 Å². The summed E-state index contributed by atoms with van der Waals surface area (Å²) in [6.07, 6.45) is 0.391. The smallest absolute Gasteiger partial charge is 0.323 e. The predicted molar refractivity (Wildman–Crippen MR) is 96.9 cm³/mol. The quantitative estimate of drug-likeness (QED) is 0.498. The zero-order valence-corrected chi connectivity index (χ0v) is 15.5. The predicted octanol–water partition coefficient (Wildman–Crippen LogP) is 3.38. The molecule has 1 unspecified atom stereocenters. The second kappa shape index (κ2) is 7.81. The van der Waals surface area contributed by atoms with E-state index in [9.17, 15) is 13.0 Å². The Morgan fingerprint density at radius 1 is 0.960 bits per heavy atom. The number of hydrogen-bond acceptors (Lipinski definition) is 3. The molecule has 2 aromatic rings. The summed E-state index contributed by atoms with van der Waals surface area (Å²) in [5.74, 6) is 0.